The maximum Gasteiger partial charge on any atom is 0.404 e. The Morgan fingerprint density at radius 2 is 2.13 bits per heavy atom. The molecule has 0 aromatic heterocycles. The molecule has 2 aromatic rings. The summed E-state index contributed by atoms with van der Waals surface area (Å²) in [5, 5.41) is 22.2. The van der Waals surface area contributed by atoms with Crippen LogP contribution in [0.4, 0.5) is 9.18 Å². The maximum atomic E-state index is 14.4. The van der Waals surface area contributed by atoms with Crippen molar-refractivity contribution >= 4 is 33.6 Å². The first-order valence-corrected chi connectivity index (χ1v) is 10.7. The number of aliphatic hydroxyl groups excluding tert-OH is 1. The molecule has 3 rings (SSSR count). The van der Waals surface area contributed by atoms with Gasteiger partial charge in [-0.3, -0.25) is 0 Å². The van der Waals surface area contributed by atoms with E-state index in [2.05, 4.69) is 21.2 Å². The van der Waals surface area contributed by atoms with Gasteiger partial charge in [-0.25, -0.2) is 9.18 Å². The summed E-state index contributed by atoms with van der Waals surface area (Å²) in [5.41, 5.74) is -0.380. The molecule has 31 heavy (non-hydrogen) atoms. The molecule has 0 fully saturated rings. The number of nitrogens with one attached hydrogen (secondary N) is 1. The first kappa shape index (κ1) is 23.7. The molecule has 1 unspecified atom stereocenters. The van der Waals surface area contributed by atoms with Crippen molar-refractivity contribution in [2.75, 3.05) is 20.4 Å². The van der Waals surface area contributed by atoms with Gasteiger partial charge in [0.1, 0.15) is 30.6 Å². The molecule has 0 saturated heterocycles. The zero-order valence-electron chi connectivity index (χ0n) is 16.6. The lowest BCUT2D eigenvalue weighted by Crippen LogP contribution is -2.48. The number of carboxylic acid groups (broad SMARTS) is 1. The second-order valence-corrected chi connectivity index (χ2v) is 8.17. The molecule has 7 nitrogen and oxygen atoms in total. The first-order valence-electron chi connectivity index (χ1n) is 9.50. The molecule has 1 amide bonds. The Morgan fingerprint density at radius 1 is 1.42 bits per heavy atom. The number of aliphatic hydroxyl groups is 1. The van der Waals surface area contributed by atoms with E-state index >= 15 is 0 Å². The number of halogens is 3. The van der Waals surface area contributed by atoms with Crippen LogP contribution in [0.25, 0.3) is 0 Å². The number of carbonyl (C=O) groups is 1. The van der Waals surface area contributed by atoms with Crippen LogP contribution in [0.3, 0.4) is 0 Å². The Labute approximate surface area is 192 Å². The van der Waals surface area contributed by atoms with E-state index in [1.54, 1.807) is 24.3 Å². The molecule has 1 aliphatic heterocycles. The third-order valence-corrected chi connectivity index (χ3v) is 6.52. The minimum Gasteiger partial charge on any atom is -0.476 e. The summed E-state index contributed by atoms with van der Waals surface area (Å²) >= 11 is 9.46. The molecule has 0 saturated carbocycles. The van der Waals surface area contributed by atoms with Gasteiger partial charge in [0.2, 0.25) is 0 Å². The molecule has 2 aromatic carbocycles. The number of fused-ring (bicyclic) bond motifs is 1. The molecule has 0 aliphatic carbocycles. The largest absolute Gasteiger partial charge is 0.476 e. The third kappa shape index (κ3) is 4.65. The van der Waals surface area contributed by atoms with Crippen molar-refractivity contribution in [2.24, 2.45) is 0 Å². The van der Waals surface area contributed by atoms with Gasteiger partial charge in [-0.2, -0.15) is 0 Å². The molecule has 0 bridgehead atoms. The fraction of sp³-hybridized carbons (Fsp3) is 0.381. The molecule has 3 N–H and O–H groups in total. The highest BCUT2D eigenvalue weighted by molar-refractivity contribution is 9.10. The predicted molar refractivity (Wildman–Crippen MR) is 115 cm³/mol. The highest BCUT2D eigenvalue weighted by atomic mass is 79.9. The van der Waals surface area contributed by atoms with Crippen LogP contribution < -0.4 is 10.1 Å². The normalized spacial score (nSPS) is 20.7. The minimum atomic E-state index is -1.44. The van der Waals surface area contributed by atoms with Crippen LogP contribution in [-0.2, 0) is 15.1 Å². The van der Waals surface area contributed by atoms with Crippen LogP contribution in [0.1, 0.15) is 30.1 Å². The van der Waals surface area contributed by atoms with Crippen molar-refractivity contribution in [1.82, 2.24) is 5.32 Å². The fourth-order valence-corrected chi connectivity index (χ4v) is 4.51. The van der Waals surface area contributed by atoms with E-state index in [9.17, 15) is 14.3 Å². The van der Waals surface area contributed by atoms with E-state index in [1.807, 2.05) is 6.07 Å². The molecule has 1 heterocycles. The molecular weight excluding hydrogens is 497 g/mol. The molecular formula is C21H22BrClFNO6. The smallest absolute Gasteiger partial charge is 0.404 e. The van der Waals surface area contributed by atoms with Gasteiger partial charge in [-0.1, -0.05) is 41.9 Å². The zero-order valence-corrected chi connectivity index (χ0v) is 19.0. The summed E-state index contributed by atoms with van der Waals surface area (Å²) in [4.78, 5) is 10.7. The lowest BCUT2D eigenvalue weighted by atomic mass is 9.80. The van der Waals surface area contributed by atoms with E-state index in [0.29, 0.717) is 17.5 Å². The van der Waals surface area contributed by atoms with Crippen LogP contribution in [0.2, 0.25) is 5.02 Å². The fourth-order valence-electron chi connectivity index (χ4n) is 3.76. The zero-order chi connectivity index (χ0) is 22.6. The van der Waals surface area contributed by atoms with Crippen molar-refractivity contribution in [3.63, 3.8) is 0 Å². The van der Waals surface area contributed by atoms with Gasteiger partial charge in [-0.15, -0.1) is 0 Å². The minimum absolute atomic E-state index is 0.114. The molecule has 0 radical (unpaired) electrons. The monoisotopic (exact) mass is 517 g/mol. The van der Waals surface area contributed by atoms with Crippen LogP contribution in [0.15, 0.2) is 40.9 Å². The van der Waals surface area contributed by atoms with Gasteiger partial charge in [0.25, 0.3) is 0 Å². The van der Waals surface area contributed by atoms with E-state index in [0.717, 1.165) is 6.07 Å². The SMILES string of the molecule is COCO[C@H]1c2c(cc(F)c(Cl)c2Br)O[C@@]1(c1ccccc1)C(O)CCCNC(=O)O. The molecule has 1 aliphatic rings. The molecule has 3 atom stereocenters. The summed E-state index contributed by atoms with van der Waals surface area (Å²) in [6.45, 7) is 0.0364. The predicted octanol–water partition coefficient (Wildman–Crippen LogP) is 4.60. The number of hydrogen-bond donors (Lipinski definition) is 3. The van der Waals surface area contributed by atoms with E-state index in [-0.39, 0.29) is 35.0 Å². The van der Waals surface area contributed by atoms with Crippen molar-refractivity contribution in [1.29, 1.82) is 0 Å². The van der Waals surface area contributed by atoms with E-state index in [4.69, 9.17) is 30.9 Å². The quantitative estimate of drug-likeness (QED) is 0.255. The van der Waals surface area contributed by atoms with E-state index in [1.165, 1.54) is 7.11 Å². The Morgan fingerprint density at radius 3 is 2.77 bits per heavy atom. The molecule has 168 valence electrons. The second-order valence-electron chi connectivity index (χ2n) is 7.00. The second kappa shape index (κ2) is 10.1. The van der Waals surface area contributed by atoms with Gasteiger partial charge in [0, 0.05) is 35.3 Å². The lowest BCUT2D eigenvalue weighted by Gasteiger charge is -2.39. The highest BCUT2D eigenvalue weighted by Crippen LogP contribution is 2.57. The molecule has 0 spiro atoms. The van der Waals surface area contributed by atoms with Gasteiger partial charge in [0.05, 0.1) is 5.02 Å². The standard InChI is InChI=1S/C21H22BrClFNO6/c1-29-11-30-19-16-14(10-13(24)18(23)17(16)22)31-21(19,12-6-3-2-4-7-12)15(26)8-5-9-25-20(27)28/h2-4,6-7,10,15,19,25-26H,5,8-9,11H2,1H3,(H,27,28)/t15?,19-,21-/m0/s1. The molecule has 10 heteroatoms. The van der Waals surface area contributed by atoms with Gasteiger partial charge < -0.3 is 29.7 Å². The average Bonchev–Trinajstić information content (AvgIpc) is 3.09. The van der Waals surface area contributed by atoms with Crippen LogP contribution >= 0.6 is 27.5 Å². The Balaban J connectivity index is 2.08. The Kier molecular flexibility index (Phi) is 7.77. The topological polar surface area (TPSA) is 97.3 Å². The third-order valence-electron chi connectivity index (χ3n) is 5.10. The van der Waals surface area contributed by atoms with Crippen molar-refractivity contribution in [3.05, 3.63) is 62.8 Å². The number of amides is 1. The summed E-state index contributed by atoms with van der Waals surface area (Å²) in [5.74, 6) is -0.497. The summed E-state index contributed by atoms with van der Waals surface area (Å²) in [6, 6.07) is 10.1. The Bertz CT molecular complexity index is 934. The number of hydrogen-bond acceptors (Lipinski definition) is 5. The number of benzene rings is 2. The summed E-state index contributed by atoms with van der Waals surface area (Å²) < 4.78 is 31.9. The van der Waals surface area contributed by atoms with Gasteiger partial charge >= 0.3 is 6.09 Å². The summed E-state index contributed by atoms with van der Waals surface area (Å²) in [6.07, 6.45) is -2.64. The van der Waals surface area contributed by atoms with E-state index < -0.39 is 29.7 Å². The lowest BCUT2D eigenvalue weighted by molar-refractivity contribution is -0.174. The van der Waals surface area contributed by atoms with Crippen LogP contribution in [0.5, 0.6) is 5.75 Å². The number of ether oxygens (including phenoxy) is 3. The number of rotatable bonds is 9. The highest BCUT2D eigenvalue weighted by Gasteiger charge is 2.56. The Hall–Kier alpha value is -1.91. The first-order chi connectivity index (χ1) is 14.8. The van der Waals surface area contributed by atoms with Crippen molar-refractivity contribution in [2.45, 2.75) is 30.7 Å². The van der Waals surface area contributed by atoms with Gasteiger partial charge in [-0.05, 0) is 28.8 Å². The average molecular weight is 519 g/mol. The number of methoxy groups -OCH3 is 1. The van der Waals surface area contributed by atoms with Crippen molar-refractivity contribution < 1.29 is 33.6 Å². The summed E-state index contributed by atoms with van der Waals surface area (Å²) in [7, 11) is 1.46. The van der Waals surface area contributed by atoms with Crippen molar-refractivity contribution in [3.8, 4) is 5.75 Å². The maximum absolute atomic E-state index is 14.4. The van der Waals surface area contributed by atoms with Crippen LogP contribution in [-0.4, -0.2) is 42.9 Å². The van der Waals surface area contributed by atoms with Gasteiger partial charge in [0.15, 0.2) is 5.60 Å². The van der Waals surface area contributed by atoms with Crippen LogP contribution in [0, 0.1) is 5.82 Å².